The van der Waals surface area contributed by atoms with Crippen LogP contribution >= 0.6 is 0 Å². The van der Waals surface area contributed by atoms with Crippen LogP contribution in [0.25, 0.3) is 0 Å². The van der Waals surface area contributed by atoms with Gasteiger partial charge in [-0.25, -0.2) is 4.98 Å². The fourth-order valence-corrected chi connectivity index (χ4v) is 2.49. The van der Waals surface area contributed by atoms with Crippen LogP contribution in [0.1, 0.15) is 19.5 Å². The van der Waals surface area contributed by atoms with E-state index in [4.69, 9.17) is 0 Å². The van der Waals surface area contributed by atoms with Gasteiger partial charge in [0.25, 0.3) is 0 Å². The fraction of sp³-hybridized carbons (Fsp3) is 0.692. The van der Waals surface area contributed by atoms with Crippen molar-refractivity contribution in [3.8, 4) is 0 Å². The first-order valence-corrected chi connectivity index (χ1v) is 6.69. The number of hydrogen-bond donors (Lipinski definition) is 1. The van der Waals surface area contributed by atoms with E-state index in [9.17, 15) is 0 Å². The first-order chi connectivity index (χ1) is 8.74. The minimum absolute atomic E-state index is 0.582. The molecule has 0 spiro atoms. The van der Waals surface area contributed by atoms with E-state index in [0.29, 0.717) is 6.04 Å². The van der Waals surface area contributed by atoms with E-state index in [2.05, 4.69) is 38.9 Å². The Kier molecular flexibility index (Phi) is 4.49. The van der Waals surface area contributed by atoms with Crippen molar-refractivity contribution < 1.29 is 0 Å². The van der Waals surface area contributed by atoms with Crippen molar-refractivity contribution in [1.82, 2.24) is 20.2 Å². The van der Waals surface area contributed by atoms with E-state index in [0.717, 1.165) is 44.2 Å². The summed E-state index contributed by atoms with van der Waals surface area (Å²) in [5.74, 6) is 1.00. The van der Waals surface area contributed by atoms with E-state index in [1.54, 1.807) is 0 Å². The lowest BCUT2D eigenvalue weighted by molar-refractivity contribution is 0.199. The number of aromatic nitrogens is 2. The molecule has 1 atom stereocenters. The number of piperazine rings is 1. The molecule has 0 bridgehead atoms. The Morgan fingerprint density at radius 2 is 2.22 bits per heavy atom. The second-order valence-electron chi connectivity index (χ2n) is 4.82. The maximum atomic E-state index is 4.65. The quantitative estimate of drug-likeness (QED) is 0.852. The first kappa shape index (κ1) is 13.2. The van der Waals surface area contributed by atoms with Gasteiger partial charge in [0.1, 0.15) is 5.82 Å². The van der Waals surface area contributed by atoms with Crippen LogP contribution in [0.15, 0.2) is 12.4 Å². The highest BCUT2D eigenvalue weighted by molar-refractivity contribution is 5.37. The smallest absolute Gasteiger partial charge is 0.147 e. The highest BCUT2D eigenvalue weighted by Crippen LogP contribution is 2.16. The number of rotatable bonds is 4. The molecule has 0 aromatic carbocycles. The molecule has 2 heterocycles. The lowest BCUT2D eigenvalue weighted by Gasteiger charge is -2.39. The number of anilines is 1. The van der Waals surface area contributed by atoms with E-state index in [-0.39, 0.29) is 0 Å². The normalized spacial score (nSPS) is 21.3. The Morgan fingerprint density at radius 3 is 2.89 bits per heavy atom. The minimum atomic E-state index is 0.582. The average molecular weight is 249 g/mol. The zero-order chi connectivity index (χ0) is 13.0. The van der Waals surface area contributed by atoms with Gasteiger partial charge in [0.2, 0.25) is 0 Å². The summed E-state index contributed by atoms with van der Waals surface area (Å²) in [6.07, 6.45) is 3.69. The number of nitrogens with zero attached hydrogens (tertiary/aromatic N) is 4. The second-order valence-corrected chi connectivity index (χ2v) is 4.82. The molecular formula is C13H23N5. The summed E-state index contributed by atoms with van der Waals surface area (Å²) in [4.78, 5) is 13.8. The standard InChI is InChI=1S/C13H23N5/c1-4-17-5-6-18(10-11(17)2)13-9-15-8-12(16-13)7-14-3/h8-9,11,14H,4-7,10H2,1-3H3. The van der Waals surface area contributed by atoms with Gasteiger partial charge >= 0.3 is 0 Å². The third-order valence-electron chi connectivity index (χ3n) is 3.52. The molecular weight excluding hydrogens is 226 g/mol. The monoisotopic (exact) mass is 249 g/mol. The summed E-state index contributed by atoms with van der Waals surface area (Å²) < 4.78 is 0. The zero-order valence-electron chi connectivity index (χ0n) is 11.6. The van der Waals surface area contributed by atoms with Gasteiger partial charge in [0.05, 0.1) is 11.9 Å². The van der Waals surface area contributed by atoms with Gasteiger partial charge < -0.3 is 10.2 Å². The molecule has 1 saturated heterocycles. The molecule has 18 heavy (non-hydrogen) atoms. The van der Waals surface area contributed by atoms with Crippen molar-refractivity contribution in [3.63, 3.8) is 0 Å². The van der Waals surface area contributed by atoms with Crippen molar-refractivity contribution in [2.24, 2.45) is 0 Å². The molecule has 1 N–H and O–H groups in total. The first-order valence-electron chi connectivity index (χ1n) is 6.69. The highest BCUT2D eigenvalue weighted by atomic mass is 15.3. The molecule has 5 heteroatoms. The topological polar surface area (TPSA) is 44.3 Å². The van der Waals surface area contributed by atoms with Crippen LogP contribution in [0.3, 0.4) is 0 Å². The SMILES string of the molecule is CCN1CCN(c2cncc(CNC)n2)CC1C. The lowest BCUT2D eigenvalue weighted by atomic mass is 10.2. The Labute approximate surface area is 109 Å². The van der Waals surface area contributed by atoms with Crippen molar-refractivity contribution in [2.45, 2.75) is 26.4 Å². The maximum absolute atomic E-state index is 4.65. The molecule has 1 aromatic heterocycles. The van der Waals surface area contributed by atoms with E-state index < -0.39 is 0 Å². The predicted octanol–water partition coefficient (Wildman–Crippen LogP) is 0.726. The molecule has 0 radical (unpaired) electrons. The van der Waals surface area contributed by atoms with Crippen molar-refractivity contribution >= 4 is 5.82 Å². The predicted molar refractivity (Wildman–Crippen MR) is 73.7 cm³/mol. The third-order valence-corrected chi connectivity index (χ3v) is 3.52. The van der Waals surface area contributed by atoms with Gasteiger partial charge in [-0.05, 0) is 20.5 Å². The number of likely N-dealkylation sites (N-methyl/N-ethyl adjacent to an activating group) is 1. The van der Waals surface area contributed by atoms with Crippen LogP contribution in [0.5, 0.6) is 0 Å². The Hall–Kier alpha value is -1.20. The summed E-state index contributed by atoms with van der Waals surface area (Å²) >= 11 is 0. The average Bonchev–Trinajstić information content (AvgIpc) is 2.39. The molecule has 1 aliphatic heterocycles. The van der Waals surface area contributed by atoms with Crippen LogP contribution < -0.4 is 10.2 Å². The van der Waals surface area contributed by atoms with E-state index in [1.165, 1.54) is 0 Å². The van der Waals surface area contributed by atoms with Gasteiger partial charge in [-0.2, -0.15) is 0 Å². The van der Waals surface area contributed by atoms with Gasteiger partial charge in [-0.15, -0.1) is 0 Å². The Bertz CT molecular complexity index is 381. The van der Waals surface area contributed by atoms with E-state index >= 15 is 0 Å². The van der Waals surface area contributed by atoms with Crippen LogP contribution in [-0.2, 0) is 6.54 Å². The summed E-state index contributed by atoms with van der Waals surface area (Å²) in [5, 5.41) is 3.11. The molecule has 2 rings (SSSR count). The van der Waals surface area contributed by atoms with Crippen molar-refractivity contribution in [1.29, 1.82) is 0 Å². The maximum Gasteiger partial charge on any atom is 0.147 e. The largest absolute Gasteiger partial charge is 0.352 e. The Balaban J connectivity index is 2.05. The molecule has 100 valence electrons. The minimum Gasteiger partial charge on any atom is -0.352 e. The molecule has 1 fully saturated rings. The van der Waals surface area contributed by atoms with Crippen molar-refractivity contribution in [3.05, 3.63) is 18.1 Å². The second kappa shape index (κ2) is 6.11. The third kappa shape index (κ3) is 2.97. The highest BCUT2D eigenvalue weighted by Gasteiger charge is 2.23. The molecule has 1 aromatic rings. The molecule has 0 saturated carbocycles. The molecule has 1 aliphatic rings. The molecule has 0 aliphatic carbocycles. The van der Waals surface area contributed by atoms with Crippen LogP contribution in [-0.4, -0.2) is 54.1 Å². The summed E-state index contributed by atoms with van der Waals surface area (Å²) in [6, 6.07) is 0.582. The summed E-state index contributed by atoms with van der Waals surface area (Å²) in [5.41, 5.74) is 1.00. The van der Waals surface area contributed by atoms with E-state index in [1.807, 2.05) is 19.4 Å². The number of nitrogens with one attached hydrogen (secondary N) is 1. The van der Waals surface area contributed by atoms with Gasteiger partial charge in [-0.1, -0.05) is 6.92 Å². The molecule has 1 unspecified atom stereocenters. The van der Waals surface area contributed by atoms with Crippen LogP contribution in [0.2, 0.25) is 0 Å². The molecule has 5 nitrogen and oxygen atoms in total. The van der Waals surface area contributed by atoms with Crippen LogP contribution in [0.4, 0.5) is 5.82 Å². The molecule has 0 amide bonds. The van der Waals surface area contributed by atoms with Gasteiger partial charge in [0, 0.05) is 38.4 Å². The van der Waals surface area contributed by atoms with Crippen LogP contribution in [0, 0.1) is 0 Å². The Morgan fingerprint density at radius 1 is 1.39 bits per heavy atom. The lowest BCUT2D eigenvalue weighted by Crippen LogP contribution is -2.52. The van der Waals surface area contributed by atoms with Crippen molar-refractivity contribution in [2.75, 3.05) is 38.1 Å². The summed E-state index contributed by atoms with van der Waals surface area (Å²) in [7, 11) is 1.93. The van der Waals surface area contributed by atoms with Gasteiger partial charge in [0.15, 0.2) is 0 Å². The van der Waals surface area contributed by atoms with Gasteiger partial charge in [-0.3, -0.25) is 9.88 Å². The fourth-order valence-electron chi connectivity index (χ4n) is 2.49. The summed E-state index contributed by atoms with van der Waals surface area (Å²) in [6.45, 7) is 9.57. The number of hydrogen-bond acceptors (Lipinski definition) is 5. The zero-order valence-corrected chi connectivity index (χ0v) is 11.6.